The number of benzene rings is 1. The van der Waals surface area contributed by atoms with Gasteiger partial charge < -0.3 is 19.1 Å². The molecule has 0 bridgehead atoms. The molecule has 0 N–H and O–H groups in total. The predicted molar refractivity (Wildman–Crippen MR) is 167 cm³/mol. The fourth-order valence-corrected chi connectivity index (χ4v) is 5.79. The highest BCUT2D eigenvalue weighted by molar-refractivity contribution is 6.22. The third-order valence-corrected chi connectivity index (χ3v) is 8.26. The number of hydrogen-bond donors (Lipinski definition) is 0. The molecule has 4 aromatic rings. The largest absolute Gasteiger partial charge is 0.379 e. The standard InChI is InChI=1S/C32H38N8O5/c1-2-13-43-15-17-45-18-16-44-14-12-39-23-28(36-37-39)24-5-6-27-25(19-24)21-34-31(35-27)38-10-7-32(8-11-38)20-29(41)40(30(32)42)26-4-3-9-33-22-26/h3-6,9,19,21-23H,2,7-8,10-18,20H2,1H3. The molecule has 236 valence electrons. The third-order valence-electron chi connectivity index (χ3n) is 8.26. The van der Waals surface area contributed by atoms with Crippen molar-refractivity contribution in [1.29, 1.82) is 0 Å². The molecule has 45 heavy (non-hydrogen) atoms. The van der Waals surface area contributed by atoms with Crippen molar-refractivity contribution in [2.24, 2.45) is 5.41 Å². The van der Waals surface area contributed by atoms with Crippen molar-refractivity contribution >= 4 is 34.4 Å². The van der Waals surface area contributed by atoms with Crippen LogP contribution in [-0.2, 0) is 30.3 Å². The molecular weight excluding hydrogens is 576 g/mol. The number of imide groups is 1. The number of carbonyl (C=O) groups is 2. The number of rotatable bonds is 14. The Morgan fingerprint density at radius 3 is 2.47 bits per heavy atom. The zero-order valence-electron chi connectivity index (χ0n) is 25.5. The minimum atomic E-state index is -0.684. The van der Waals surface area contributed by atoms with Gasteiger partial charge in [-0.1, -0.05) is 18.2 Å². The lowest BCUT2D eigenvalue weighted by Crippen LogP contribution is -2.45. The van der Waals surface area contributed by atoms with Gasteiger partial charge in [-0.2, -0.15) is 0 Å². The zero-order chi connectivity index (χ0) is 31.1. The van der Waals surface area contributed by atoms with Crippen molar-refractivity contribution in [3.63, 3.8) is 0 Å². The first kappa shape index (κ1) is 30.7. The van der Waals surface area contributed by atoms with Crippen LogP contribution in [0.25, 0.3) is 22.2 Å². The molecule has 2 fully saturated rings. The number of anilines is 2. The second-order valence-corrected chi connectivity index (χ2v) is 11.3. The molecule has 5 heterocycles. The van der Waals surface area contributed by atoms with Crippen LogP contribution in [0.15, 0.2) is 55.1 Å². The van der Waals surface area contributed by atoms with Crippen molar-refractivity contribution in [1.82, 2.24) is 29.9 Å². The average Bonchev–Trinajstić information content (AvgIpc) is 3.64. The van der Waals surface area contributed by atoms with Gasteiger partial charge in [-0.15, -0.1) is 5.10 Å². The van der Waals surface area contributed by atoms with Gasteiger partial charge in [0.15, 0.2) is 0 Å². The van der Waals surface area contributed by atoms with Gasteiger partial charge in [-0.25, -0.2) is 19.5 Å². The van der Waals surface area contributed by atoms with Crippen molar-refractivity contribution in [3.05, 3.63) is 55.1 Å². The quantitative estimate of drug-likeness (QED) is 0.153. The number of piperidine rings is 1. The third kappa shape index (κ3) is 7.00. The SMILES string of the molecule is CCCOCCOCCOCCn1cc(-c2ccc3nc(N4CCC5(CC4)CC(=O)N(c4cccnc4)C5=O)ncc3c2)nn1. The number of hydrogen-bond acceptors (Lipinski definition) is 11. The Morgan fingerprint density at radius 1 is 0.933 bits per heavy atom. The summed E-state index contributed by atoms with van der Waals surface area (Å²) in [6, 6.07) is 9.42. The number of ether oxygens (including phenoxy) is 3. The molecule has 1 spiro atoms. The van der Waals surface area contributed by atoms with E-state index in [0.29, 0.717) is 77.1 Å². The van der Waals surface area contributed by atoms with Gasteiger partial charge in [-0.3, -0.25) is 14.6 Å². The van der Waals surface area contributed by atoms with Gasteiger partial charge >= 0.3 is 0 Å². The van der Waals surface area contributed by atoms with Crippen LogP contribution < -0.4 is 9.80 Å². The summed E-state index contributed by atoms with van der Waals surface area (Å²) in [7, 11) is 0. The fourth-order valence-electron chi connectivity index (χ4n) is 5.79. The Labute approximate surface area is 261 Å². The molecule has 3 aromatic heterocycles. The Hall–Kier alpha value is -4.33. The first-order valence-corrected chi connectivity index (χ1v) is 15.5. The molecule has 0 atom stereocenters. The molecule has 2 aliphatic heterocycles. The van der Waals surface area contributed by atoms with Crippen LogP contribution in [0.5, 0.6) is 0 Å². The molecule has 2 aliphatic rings. The molecule has 2 saturated heterocycles. The van der Waals surface area contributed by atoms with Crippen molar-refractivity contribution in [3.8, 4) is 11.3 Å². The molecular formula is C32H38N8O5. The van der Waals surface area contributed by atoms with E-state index in [0.717, 1.165) is 35.2 Å². The first-order chi connectivity index (χ1) is 22.1. The van der Waals surface area contributed by atoms with Gasteiger partial charge in [0.2, 0.25) is 17.8 Å². The highest BCUT2D eigenvalue weighted by Gasteiger charge is 2.53. The van der Waals surface area contributed by atoms with Crippen LogP contribution in [0.2, 0.25) is 0 Å². The lowest BCUT2D eigenvalue weighted by atomic mass is 9.77. The van der Waals surface area contributed by atoms with E-state index in [-0.39, 0.29) is 18.2 Å². The van der Waals surface area contributed by atoms with Crippen molar-refractivity contribution < 1.29 is 23.8 Å². The number of nitrogens with zero attached hydrogens (tertiary/aromatic N) is 8. The summed E-state index contributed by atoms with van der Waals surface area (Å²) in [5, 5.41) is 9.46. The van der Waals surface area contributed by atoms with Gasteiger partial charge in [-0.05, 0) is 43.5 Å². The van der Waals surface area contributed by atoms with E-state index in [1.807, 2.05) is 30.6 Å². The number of amides is 2. The highest BCUT2D eigenvalue weighted by Crippen LogP contribution is 2.44. The summed E-state index contributed by atoms with van der Waals surface area (Å²) in [4.78, 5) is 43.1. The van der Waals surface area contributed by atoms with Gasteiger partial charge in [0.1, 0.15) is 5.69 Å². The number of aromatic nitrogens is 6. The highest BCUT2D eigenvalue weighted by atomic mass is 16.5. The van der Waals surface area contributed by atoms with E-state index in [4.69, 9.17) is 19.2 Å². The van der Waals surface area contributed by atoms with Crippen LogP contribution in [0.3, 0.4) is 0 Å². The van der Waals surface area contributed by atoms with E-state index in [9.17, 15) is 9.59 Å². The maximum atomic E-state index is 13.4. The van der Waals surface area contributed by atoms with Gasteiger partial charge in [0.05, 0.1) is 68.6 Å². The summed E-state index contributed by atoms with van der Waals surface area (Å²) < 4.78 is 18.3. The first-order valence-electron chi connectivity index (χ1n) is 15.5. The molecule has 6 rings (SSSR count). The maximum absolute atomic E-state index is 13.4. The lowest BCUT2D eigenvalue weighted by molar-refractivity contribution is -0.126. The van der Waals surface area contributed by atoms with Crippen LogP contribution in [0.4, 0.5) is 11.6 Å². The van der Waals surface area contributed by atoms with Gasteiger partial charge in [0, 0.05) is 49.5 Å². The summed E-state index contributed by atoms with van der Waals surface area (Å²) in [6.07, 6.45) is 9.26. The molecule has 13 heteroatoms. The second-order valence-electron chi connectivity index (χ2n) is 11.3. The average molecular weight is 615 g/mol. The Kier molecular flexibility index (Phi) is 9.67. The Balaban J connectivity index is 1.00. The molecule has 2 amide bonds. The summed E-state index contributed by atoms with van der Waals surface area (Å²) in [6.45, 7) is 7.36. The van der Waals surface area contributed by atoms with Crippen molar-refractivity contribution in [2.75, 3.05) is 62.5 Å². The normalized spacial score (nSPS) is 16.4. The van der Waals surface area contributed by atoms with Crippen LogP contribution in [0, 0.1) is 5.41 Å². The molecule has 13 nitrogen and oxygen atoms in total. The van der Waals surface area contributed by atoms with Crippen LogP contribution in [-0.4, -0.2) is 94.5 Å². The summed E-state index contributed by atoms with van der Waals surface area (Å²) in [5.74, 6) is 0.315. The predicted octanol–water partition coefficient (Wildman–Crippen LogP) is 3.29. The number of fused-ring (bicyclic) bond motifs is 1. The topological polar surface area (TPSA) is 138 Å². The summed E-state index contributed by atoms with van der Waals surface area (Å²) >= 11 is 0. The monoisotopic (exact) mass is 614 g/mol. The molecule has 1 aromatic carbocycles. The maximum Gasteiger partial charge on any atom is 0.240 e. The minimum Gasteiger partial charge on any atom is -0.379 e. The Morgan fingerprint density at radius 2 is 1.71 bits per heavy atom. The Bertz CT molecular complexity index is 1610. The van der Waals surface area contributed by atoms with E-state index in [1.54, 1.807) is 29.2 Å². The fraction of sp³-hybridized carbons (Fsp3) is 0.469. The van der Waals surface area contributed by atoms with E-state index in [2.05, 4.69) is 32.1 Å². The molecule has 0 unspecified atom stereocenters. The summed E-state index contributed by atoms with van der Waals surface area (Å²) in [5.41, 5.74) is 2.35. The number of carbonyl (C=O) groups excluding carboxylic acids is 2. The molecule has 0 saturated carbocycles. The minimum absolute atomic E-state index is 0.134. The zero-order valence-corrected chi connectivity index (χ0v) is 25.5. The van der Waals surface area contributed by atoms with Crippen LogP contribution >= 0.6 is 0 Å². The van der Waals surface area contributed by atoms with Crippen molar-refractivity contribution in [2.45, 2.75) is 39.2 Å². The molecule has 0 aliphatic carbocycles. The van der Waals surface area contributed by atoms with Gasteiger partial charge in [0.25, 0.3) is 0 Å². The smallest absolute Gasteiger partial charge is 0.240 e. The second kappa shape index (κ2) is 14.2. The van der Waals surface area contributed by atoms with Crippen LogP contribution in [0.1, 0.15) is 32.6 Å². The number of pyridine rings is 1. The lowest BCUT2D eigenvalue weighted by Gasteiger charge is -2.37. The molecule has 0 radical (unpaired) electrons. The van der Waals surface area contributed by atoms with E-state index >= 15 is 0 Å². The van der Waals surface area contributed by atoms with E-state index < -0.39 is 5.41 Å². The van der Waals surface area contributed by atoms with E-state index in [1.165, 1.54) is 4.90 Å².